The second-order valence-corrected chi connectivity index (χ2v) is 6.22. The third-order valence-electron chi connectivity index (χ3n) is 4.40. The van der Waals surface area contributed by atoms with E-state index in [0.717, 1.165) is 0 Å². The van der Waals surface area contributed by atoms with Gasteiger partial charge in [-0.2, -0.15) is 8.78 Å². The first-order valence-corrected chi connectivity index (χ1v) is 7.42. The molecule has 0 saturated heterocycles. The van der Waals surface area contributed by atoms with Crippen molar-refractivity contribution in [1.29, 1.82) is 0 Å². The predicted molar refractivity (Wildman–Crippen MR) is 72.2 cm³/mol. The third kappa shape index (κ3) is 3.70. The molecule has 0 unspecified atom stereocenters. The summed E-state index contributed by atoms with van der Waals surface area (Å²) < 4.78 is 71.7. The maximum Gasteiger partial charge on any atom is 0.400 e. The van der Waals surface area contributed by atoms with Crippen molar-refractivity contribution in [2.45, 2.75) is 45.6 Å². The van der Waals surface area contributed by atoms with E-state index in [1.54, 1.807) is 0 Å². The molecule has 0 bridgehead atoms. The van der Waals surface area contributed by atoms with Gasteiger partial charge in [0.2, 0.25) is 0 Å². The molecule has 0 atom stereocenters. The van der Waals surface area contributed by atoms with Crippen molar-refractivity contribution in [3.05, 3.63) is 29.6 Å². The number of halogens is 5. The summed E-state index contributed by atoms with van der Waals surface area (Å²) in [6, 6.07) is 0.873. The standard InChI is InChI=1S/C16H19F5O/c1-9(2)10-3-5-11(6-4-10)16(20,21)22-12-7-13(17)15(19)14(18)8-12/h7-11H,3-6H2,1-2H3. The molecule has 1 nitrogen and oxygen atoms in total. The highest BCUT2D eigenvalue weighted by Gasteiger charge is 2.44. The van der Waals surface area contributed by atoms with Crippen LogP contribution in [-0.2, 0) is 0 Å². The molecule has 1 saturated carbocycles. The van der Waals surface area contributed by atoms with E-state index >= 15 is 0 Å². The van der Waals surface area contributed by atoms with E-state index in [0.29, 0.717) is 49.7 Å². The van der Waals surface area contributed by atoms with Crippen molar-refractivity contribution >= 4 is 0 Å². The normalized spacial score (nSPS) is 22.9. The minimum absolute atomic E-state index is 0.294. The average molecular weight is 322 g/mol. The summed E-state index contributed by atoms with van der Waals surface area (Å²) in [5, 5.41) is 0. The summed E-state index contributed by atoms with van der Waals surface area (Å²) >= 11 is 0. The van der Waals surface area contributed by atoms with Gasteiger partial charge in [0.25, 0.3) is 0 Å². The highest BCUT2D eigenvalue weighted by Crippen LogP contribution is 2.42. The van der Waals surface area contributed by atoms with Crippen molar-refractivity contribution in [1.82, 2.24) is 0 Å². The molecule has 0 aliphatic heterocycles. The lowest BCUT2D eigenvalue weighted by molar-refractivity contribution is -0.224. The van der Waals surface area contributed by atoms with Gasteiger partial charge in [0.15, 0.2) is 17.5 Å². The Balaban J connectivity index is 2.05. The van der Waals surface area contributed by atoms with Crippen LogP contribution in [-0.4, -0.2) is 6.11 Å². The van der Waals surface area contributed by atoms with E-state index in [4.69, 9.17) is 0 Å². The van der Waals surface area contributed by atoms with Gasteiger partial charge in [-0.1, -0.05) is 13.8 Å². The molecule has 0 N–H and O–H groups in total. The molecule has 2 rings (SSSR count). The zero-order valence-electron chi connectivity index (χ0n) is 12.5. The second kappa shape index (κ2) is 6.42. The van der Waals surface area contributed by atoms with E-state index in [2.05, 4.69) is 18.6 Å². The van der Waals surface area contributed by atoms with Crippen LogP contribution in [0, 0.1) is 35.2 Å². The molecule has 1 aliphatic carbocycles. The largest absolute Gasteiger partial charge is 0.432 e. The van der Waals surface area contributed by atoms with Crippen LogP contribution in [0.15, 0.2) is 12.1 Å². The molecular weight excluding hydrogens is 303 g/mol. The lowest BCUT2D eigenvalue weighted by Gasteiger charge is -2.34. The van der Waals surface area contributed by atoms with Crippen LogP contribution in [0.4, 0.5) is 22.0 Å². The van der Waals surface area contributed by atoms with E-state index in [1.165, 1.54) is 0 Å². The van der Waals surface area contributed by atoms with Gasteiger partial charge in [0, 0.05) is 12.1 Å². The Morgan fingerprint density at radius 3 is 1.95 bits per heavy atom. The first-order valence-electron chi connectivity index (χ1n) is 7.42. The molecule has 0 heterocycles. The van der Waals surface area contributed by atoms with Crippen LogP contribution >= 0.6 is 0 Å². The summed E-state index contributed by atoms with van der Waals surface area (Å²) in [7, 11) is 0. The van der Waals surface area contributed by atoms with Crippen LogP contribution < -0.4 is 4.74 Å². The first kappa shape index (κ1) is 17.0. The minimum atomic E-state index is -3.53. The van der Waals surface area contributed by atoms with Crippen molar-refractivity contribution in [2.75, 3.05) is 0 Å². The van der Waals surface area contributed by atoms with Gasteiger partial charge in [0.1, 0.15) is 5.75 Å². The predicted octanol–water partition coefficient (Wildman–Crippen LogP) is 5.54. The highest BCUT2D eigenvalue weighted by molar-refractivity contribution is 5.25. The van der Waals surface area contributed by atoms with Gasteiger partial charge in [-0.15, -0.1) is 0 Å². The Morgan fingerprint density at radius 2 is 1.50 bits per heavy atom. The molecule has 1 aliphatic rings. The molecule has 22 heavy (non-hydrogen) atoms. The Hall–Kier alpha value is -1.33. The lowest BCUT2D eigenvalue weighted by Crippen LogP contribution is -2.37. The SMILES string of the molecule is CC(C)C1CCC(C(F)(F)Oc2cc(F)c(F)c(F)c2)CC1. The molecule has 0 aromatic heterocycles. The summed E-state index contributed by atoms with van der Waals surface area (Å²) in [5.41, 5.74) is 0. The van der Waals surface area contributed by atoms with Gasteiger partial charge in [-0.3, -0.25) is 0 Å². The minimum Gasteiger partial charge on any atom is -0.432 e. The summed E-state index contributed by atoms with van der Waals surface area (Å²) in [6.45, 7) is 4.12. The monoisotopic (exact) mass is 322 g/mol. The van der Waals surface area contributed by atoms with Crippen LogP contribution in [0.1, 0.15) is 39.5 Å². The average Bonchev–Trinajstić information content (AvgIpc) is 2.44. The third-order valence-corrected chi connectivity index (χ3v) is 4.40. The molecule has 124 valence electrons. The fourth-order valence-electron chi connectivity index (χ4n) is 2.95. The Labute approximate surface area is 126 Å². The zero-order chi connectivity index (χ0) is 16.5. The molecule has 6 heteroatoms. The summed E-state index contributed by atoms with van der Waals surface area (Å²) in [6.07, 6.45) is -1.59. The first-order chi connectivity index (χ1) is 10.2. The van der Waals surface area contributed by atoms with Gasteiger partial charge in [-0.25, -0.2) is 13.2 Å². The van der Waals surface area contributed by atoms with E-state index in [-0.39, 0.29) is 0 Å². The van der Waals surface area contributed by atoms with Crippen LogP contribution in [0.25, 0.3) is 0 Å². The molecular formula is C16H19F5O. The number of hydrogen-bond donors (Lipinski definition) is 0. The maximum absolute atomic E-state index is 14.1. The van der Waals surface area contributed by atoms with E-state index in [1.807, 2.05) is 0 Å². The number of benzene rings is 1. The van der Waals surface area contributed by atoms with Crippen molar-refractivity contribution < 1.29 is 26.7 Å². The number of hydrogen-bond acceptors (Lipinski definition) is 1. The smallest absolute Gasteiger partial charge is 0.400 e. The lowest BCUT2D eigenvalue weighted by atomic mass is 9.76. The molecule has 1 fully saturated rings. The van der Waals surface area contributed by atoms with Gasteiger partial charge < -0.3 is 4.74 Å². The fourth-order valence-corrected chi connectivity index (χ4v) is 2.95. The van der Waals surface area contributed by atoms with Crippen LogP contribution in [0.3, 0.4) is 0 Å². The Morgan fingerprint density at radius 1 is 1.00 bits per heavy atom. The quantitative estimate of drug-likeness (QED) is 0.522. The molecule has 0 radical (unpaired) electrons. The van der Waals surface area contributed by atoms with Gasteiger partial charge in [-0.05, 0) is 37.5 Å². The number of rotatable bonds is 4. The highest BCUT2D eigenvalue weighted by atomic mass is 19.3. The van der Waals surface area contributed by atoms with Crippen LogP contribution in [0.5, 0.6) is 5.75 Å². The van der Waals surface area contributed by atoms with Crippen LogP contribution in [0.2, 0.25) is 0 Å². The zero-order valence-corrected chi connectivity index (χ0v) is 12.5. The molecule has 1 aromatic carbocycles. The molecule has 1 aromatic rings. The Bertz CT molecular complexity index is 498. The summed E-state index contributed by atoms with van der Waals surface area (Å²) in [4.78, 5) is 0. The van der Waals surface area contributed by atoms with E-state index < -0.39 is 35.2 Å². The second-order valence-electron chi connectivity index (χ2n) is 6.22. The Kier molecular flexibility index (Phi) is 4.97. The number of ether oxygens (including phenoxy) is 1. The maximum atomic E-state index is 14.1. The fraction of sp³-hybridized carbons (Fsp3) is 0.625. The van der Waals surface area contributed by atoms with Crippen molar-refractivity contribution in [3.8, 4) is 5.75 Å². The van der Waals surface area contributed by atoms with Crippen molar-refractivity contribution in [2.24, 2.45) is 17.8 Å². The van der Waals surface area contributed by atoms with Gasteiger partial charge in [0.05, 0.1) is 5.92 Å². The molecule has 0 spiro atoms. The number of alkyl halides is 2. The summed E-state index contributed by atoms with van der Waals surface area (Å²) in [5.74, 6) is -5.65. The topological polar surface area (TPSA) is 9.23 Å². The van der Waals surface area contributed by atoms with Gasteiger partial charge >= 0.3 is 6.11 Å². The molecule has 0 amide bonds. The van der Waals surface area contributed by atoms with Crippen molar-refractivity contribution in [3.63, 3.8) is 0 Å². The van der Waals surface area contributed by atoms with E-state index in [9.17, 15) is 22.0 Å².